The minimum atomic E-state index is -0.734. The van der Waals surface area contributed by atoms with Crippen LogP contribution in [0.4, 0.5) is 4.39 Å². The Morgan fingerprint density at radius 2 is 1.91 bits per heavy atom. The Labute approximate surface area is 194 Å². The Morgan fingerprint density at radius 3 is 2.58 bits per heavy atom. The fourth-order valence-corrected chi connectivity index (χ4v) is 6.56. The maximum Gasteiger partial charge on any atom is 0.241 e. The topological polar surface area (TPSA) is 93.7 Å². The summed E-state index contributed by atoms with van der Waals surface area (Å²) in [6.45, 7) is 1.60. The molecule has 3 heterocycles. The Hall–Kier alpha value is -2.50. The third-order valence-electron chi connectivity index (χ3n) is 8.11. The van der Waals surface area contributed by atoms with E-state index in [1.807, 2.05) is 12.1 Å². The fourth-order valence-electron chi connectivity index (χ4n) is 6.56. The molecule has 2 N–H and O–H groups in total. The Kier molecular flexibility index (Phi) is 6.11. The number of carbonyl (C=O) groups excluding carboxylic acids is 2. The zero-order valence-corrected chi connectivity index (χ0v) is 18.9. The predicted molar refractivity (Wildman–Crippen MR) is 120 cm³/mol. The van der Waals surface area contributed by atoms with Gasteiger partial charge in [-0.25, -0.2) is 4.39 Å². The van der Waals surface area contributed by atoms with Crippen LogP contribution in [0.2, 0.25) is 0 Å². The Morgan fingerprint density at radius 1 is 1.18 bits per heavy atom. The molecule has 3 saturated heterocycles. The largest absolute Gasteiger partial charge is 0.330 e. The number of likely N-dealkylation sites (tertiary alicyclic amines) is 3. The van der Waals surface area contributed by atoms with E-state index in [9.17, 15) is 19.2 Å². The summed E-state index contributed by atoms with van der Waals surface area (Å²) in [5.41, 5.74) is 7.28. The van der Waals surface area contributed by atoms with Crippen molar-refractivity contribution in [2.24, 2.45) is 11.7 Å². The second-order valence-electron chi connectivity index (χ2n) is 10.1. The molecule has 5 rings (SSSR count). The van der Waals surface area contributed by atoms with Crippen LogP contribution in [0.15, 0.2) is 24.3 Å². The van der Waals surface area contributed by atoms with Crippen molar-refractivity contribution in [2.45, 2.75) is 75.2 Å². The molecule has 2 bridgehead atoms. The van der Waals surface area contributed by atoms with Crippen molar-refractivity contribution in [1.29, 1.82) is 5.26 Å². The van der Waals surface area contributed by atoms with Crippen LogP contribution >= 0.6 is 0 Å². The van der Waals surface area contributed by atoms with Crippen molar-refractivity contribution >= 4 is 11.8 Å². The summed E-state index contributed by atoms with van der Waals surface area (Å²) >= 11 is 0. The van der Waals surface area contributed by atoms with Crippen LogP contribution in [0.1, 0.15) is 56.6 Å². The molecular formula is C25H32FN5O2. The number of nitrogens with zero attached hydrogens (tertiary/aromatic N) is 4. The number of fused-ring (bicyclic) bond motifs is 2. The van der Waals surface area contributed by atoms with Crippen LogP contribution in [0.3, 0.4) is 0 Å². The van der Waals surface area contributed by atoms with Crippen molar-refractivity contribution in [2.75, 3.05) is 19.6 Å². The first kappa shape index (κ1) is 22.3. The first-order valence-electron chi connectivity index (χ1n) is 12.3. The lowest BCUT2D eigenvalue weighted by Crippen LogP contribution is -2.57. The number of piperazine rings is 1. The van der Waals surface area contributed by atoms with Crippen LogP contribution in [-0.2, 0) is 9.59 Å². The molecule has 5 atom stereocenters. The highest BCUT2D eigenvalue weighted by Crippen LogP contribution is 2.45. The van der Waals surface area contributed by atoms with Crippen LogP contribution in [-0.4, -0.2) is 70.3 Å². The second kappa shape index (κ2) is 9.03. The van der Waals surface area contributed by atoms with E-state index >= 15 is 0 Å². The molecular weight excluding hydrogens is 421 g/mol. The van der Waals surface area contributed by atoms with Gasteiger partial charge in [0.25, 0.3) is 0 Å². The molecule has 1 aromatic carbocycles. The van der Waals surface area contributed by atoms with Crippen LogP contribution in [0, 0.1) is 23.1 Å². The molecule has 0 spiro atoms. The highest BCUT2D eigenvalue weighted by Gasteiger charge is 2.53. The predicted octanol–water partition coefficient (Wildman–Crippen LogP) is 2.18. The zero-order valence-electron chi connectivity index (χ0n) is 18.9. The molecule has 0 radical (unpaired) electrons. The highest BCUT2D eigenvalue weighted by molar-refractivity contribution is 5.87. The zero-order chi connectivity index (χ0) is 23.1. The van der Waals surface area contributed by atoms with Gasteiger partial charge in [-0.05, 0) is 55.7 Å². The smallest absolute Gasteiger partial charge is 0.241 e. The van der Waals surface area contributed by atoms with Gasteiger partial charge in [-0.3, -0.25) is 14.5 Å². The molecule has 1 saturated carbocycles. The lowest BCUT2D eigenvalue weighted by Gasteiger charge is -2.42. The summed E-state index contributed by atoms with van der Waals surface area (Å²) in [6.07, 6.45) is 6.77. The van der Waals surface area contributed by atoms with Gasteiger partial charge < -0.3 is 15.5 Å². The standard InChI is InChI=1S/C25H32FN5O2/c26-18-9-7-17(8-10-18)23(16-4-1-2-5-16)31-20-12-22(25(31)33)29(14-20)15-21(28)24(32)30-11-3-6-19(30)13-27/h7-10,16,19-23H,1-6,11-12,14-15,28H2/t19-,20?,21-,22-,23?/m0/s1. The van der Waals surface area contributed by atoms with Gasteiger partial charge in [0.2, 0.25) is 11.8 Å². The maximum absolute atomic E-state index is 13.6. The quantitative estimate of drug-likeness (QED) is 0.713. The lowest BCUT2D eigenvalue weighted by molar-refractivity contribution is -0.142. The van der Waals surface area contributed by atoms with Gasteiger partial charge in [-0.1, -0.05) is 25.0 Å². The second-order valence-corrected chi connectivity index (χ2v) is 10.1. The molecule has 2 amide bonds. The first-order valence-corrected chi connectivity index (χ1v) is 12.3. The number of halogens is 1. The van der Waals surface area contributed by atoms with Gasteiger partial charge in [0, 0.05) is 25.7 Å². The van der Waals surface area contributed by atoms with E-state index in [0.29, 0.717) is 32.0 Å². The third-order valence-corrected chi connectivity index (χ3v) is 8.11. The SMILES string of the molecule is N#C[C@@H]1CCCN1C(=O)[C@@H](N)CN1CC2C[C@H]1C(=O)N2C(c1ccc(F)cc1)C1CCCC1. The average Bonchev–Trinajstić information content (AvgIpc) is 3.60. The van der Waals surface area contributed by atoms with Crippen molar-refractivity contribution < 1.29 is 14.0 Å². The molecule has 7 nitrogen and oxygen atoms in total. The molecule has 176 valence electrons. The summed E-state index contributed by atoms with van der Waals surface area (Å²) in [6, 6.07) is 7.49. The number of nitriles is 1. The van der Waals surface area contributed by atoms with E-state index in [0.717, 1.165) is 31.2 Å². The van der Waals surface area contributed by atoms with Crippen LogP contribution < -0.4 is 5.73 Å². The normalized spacial score (nSPS) is 29.6. The minimum Gasteiger partial charge on any atom is -0.330 e. The van der Waals surface area contributed by atoms with Gasteiger partial charge in [-0.2, -0.15) is 5.26 Å². The number of hydrogen-bond acceptors (Lipinski definition) is 5. The summed E-state index contributed by atoms with van der Waals surface area (Å²) in [4.78, 5) is 32.1. The summed E-state index contributed by atoms with van der Waals surface area (Å²) in [7, 11) is 0. The highest BCUT2D eigenvalue weighted by atomic mass is 19.1. The summed E-state index contributed by atoms with van der Waals surface area (Å²) in [5, 5.41) is 9.29. The molecule has 3 aliphatic heterocycles. The van der Waals surface area contributed by atoms with E-state index < -0.39 is 12.1 Å². The third kappa shape index (κ3) is 4.02. The molecule has 33 heavy (non-hydrogen) atoms. The Balaban J connectivity index is 1.29. The van der Waals surface area contributed by atoms with E-state index in [-0.39, 0.29) is 35.8 Å². The first-order chi connectivity index (χ1) is 16.0. The van der Waals surface area contributed by atoms with Crippen molar-refractivity contribution in [3.05, 3.63) is 35.6 Å². The monoisotopic (exact) mass is 453 g/mol. The average molecular weight is 454 g/mol. The van der Waals surface area contributed by atoms with Gasteiger partial charge in [0.1, 0.15) is 11.9 Å². The number of nitrogens with two attached hydrogens (primary N) is 1. The van der Waals surface area contributed by atoms with E-state index in [2.05, 4.69) is 15.9 Å². The maximum atomic E-state index is 13.6. The molecule has 1 aromatic rings. The minimum absolute atomic E-state index is 0.0194. The fraction of sp³-hybridized carbons (Fsp3) is 0.640. The number of hydrogen-bond donors (Lipinski definition) is 1. The number of amides is 2. The van der Waals surface area contributed by atoms with E-state index in [1.165, 1.54) is 25.0 Å². The van der Waals surface area contributed by atoms with Crippen molar-refractivity contribution in [1.82, 2.24) is 14.7 Å². The molecule has 8 heteroatoms. The molecule has 2 unspecified atom stereocenters. The van der Waals surface area contributed by atoms with Crippen molar-refractivity contribution in [3.8, 4) is 6.07 Å². The van der Waals surface area contributed by atoms with Crippen molar-refractivity contribution in [3.63, 3.8) is 0 Å². The van der Waals surface area contributed by atoms with E-state index in [4.69, 9.17) is 5.73 Å². The number of rotatable bonds is 6. The molecule has 0 aromatic heterocycles. The van der Waals surface area contributed by atoms with Gasteiger partial charge in [-0.15, -0.1) is 0 Å². The van der Waals surface area contributed by atoms with Gasteiger partial charge in [0.15, 0.2) is 0 Å². The molecule has 4 fully saturated rings. The molecule has 1 aliphatic carbocycles. The van der Waals surface area contributed by atoms with E-state index in [1.54, 1.807) is 4.90 Å². The number of carbonyl (C=O) groups is 2. The lowest BCUT2D eigenvalue weighted by atomic mass is 9.89. The molecule has 4 aliphatic rings. The Bertz CT molecular complexity index is 941. The van der Waals surface area contributed by atoms with Crippen LogP contribution in [0.25, 0.3) is 0 Å². The number of benzene rings is 1. The van der Waals surface area contributed by atoms with Gasteiger partial charge in [0.05, 0.1) is 24.2 Å². The summed E-state index contributed by atoms with van der Waals surface area (Å²) in [5.74, 6) is 0.0401. The van der Waals surface area contributed by atoms with Crippen LogP contribution in [0.5, 0.6) is 0 Å². The van der Waals surface area contributed by atoms with Gasteiger partial charge >= 0.3 is 0 Å². The summed E-state index contributed by atoms with van der Waals surface area (Å²) < 4.78 is 13.6.